The van der Waals surface area contributed by atoms with E-state index >= 15 is 0 Å². The Balaban J connectivity index is 1.46. The summed E-state index contributed by atoms with van der Waals surface area (Å²) in [5.41, 5.74) is 2.90. The maximum absolute atomic E-state index is 11.4. The Morgan fingerprint density at radius 3 is 2.38 bits per heavy atom. The number of carboxylic acid groups (broad SMARTS) is 1. The molecule has 0 amide bonds. The molecule has 1 aromatic heterocycles. The van der Waals surface area contributed by atoms with E-state index in [0.717, 1.165) is 23.4 Å². The number of hydrogen-bond acceptors (Lipinski definition) is 3. The topological polar surface area (TPSA) is 62.2 Å². The highest BCUT2D eigenvalue weighted by Gasteiger charge is 2.51. The first-order valence-electron chi connectivity index (χ1n) is 9.67. The third-order valence-electron chi connectivity index (χ3n) is 6.81. The predicted octanol–water partition coefficient (Wildman–Crippen LogP) is 4.99. The van der Waals surface area contributed by atoms with Gasteiger partial charge in [0.1, 0.15) is 11.4 Å². The van der Waals surface area contributed by atoms with Crippen molar-refractivity contribution in [2.45, 2.75) is 43.9 Å². The number of aromatic nitrogens is 1. The van der Waals surface area contributed by atoms with Gasteiger partial charge in [-0.2, -0.15) is 0 Å². The van der Waals surface area contributed by atoms with Crippen LogP contribution in [0.2, 0.25) is 0 Å². The van der Waals surface area contributed by atoms with Crippen molar-refractivity contribution in [2.75, 3.05) is 5.32 Å². The molecule has 0 radical (unpaired) electrons. The Morgan fingerprint density at radius 1 is 1.04 bits per heavy atom. The first-order chi connectivity index (χ1) is 12.6. The van der Waals surface area contributed by atoms with Crippen LogP contribution in [0.1, 0.15) is 54.4 Å². The fourth-order valence-electron chi connectivity index (χ4n) is 6.21. The zero-order valence-corrected chi connectivity index (χ0v) is 14.8. The lowest BCUT2D eigenvalue weighted by molar-refractivity contribution is -0.00516. The minimum atomic E-state index is -0.960. The van der Waals surface area contributed by atoms with E-state index in [-0.39, 0.29) is 5.56 Å². The Bertz CT molecular complexity index is 825. The summed E-state index contributed by atoms with van der Waals surface area (Å²) in [4.78, 5) is 15.7. The average Bonchev–Trinajstić information content (AvgIpc) is 2.61. The van der Waals surface area contributed by atoms with E-state index < -0.39 is 5.97 Å². The monoisotopic (exact) mass is 348 g/mol. The molecule has 1 aromatic carbocycles. The summed E-state index contributed by atoms with van der Waals surface area (Å²) in [5.74, 6) is 2.17. The Labute approximate surface area is 153 Å². The van der Waals surface area contributed by atoms with Crippen molar-refractivity contribution >= 4 is 17.5 Å². The molecule has 0 atom stereocenters. The van der Waals surface area contributed by atoms with E-state index in [1.807, 2.05) is 6.07 Å². The van der Waals surface area contributed by atoms with Crippen molar-refractivity contribution in [3.05, 3.63) is 53.7 Å². The van der Waals surface area contributed by atoms with Gasteiger partial charge in [-0.3, -0.25) is 0 Å². The molecule has 0 aliphatic heterocycles. The van der Waals surface area contributed by atoms with Gasteiger partial charge in [0.15, 0.2) is 0 Å². The summed E-state index contributed by atoms with van der Waals surface area (Å²) in [6.07, 6.45) is 9.91. The van der Waals surface area contributed by atoms with Gasteiger partial charge in [-0.1, -0.05) is 12.1 Å². The molecule has 0 saturated heterocycles. The van der Waals surface area contributed by atoms with E-state index in [9.17, 15) is 9.90 Å². The Hall–Kier alpha value is -2.36. The van der Waals surface area contributed by atoms with Gasteiger partial charge < -0.3 is 10.4 Å². The van der Waals surface area contributed by atoms with E-state index in [1.165, 1.54) is 44.1 Å². The highest BCUT2D eigenvalue weighted by atomic mass is 16.4. The lowest BCUT2D eigenvalue weighted by Gasteiger charge is -2.57. The fourth-order valence-corrected chi connectivity index (χ4v) is 6.21. The van der Waals surface area contributed by atoms with Gasteiger partial charge in [0.25, 0.3) is 0 Å². The number of pyridine rings is 1. The molecule has 4 aliphatic rings. The molecule has 4 bridgehead atoms. The Morgan fingerprint density at radius 2 is 1.73 bits per heavy atom. The SMILES string of the molecule is O=C(O)c1cccnc1Nc1cccc(C23CC4CC(CC(C4)C2)C3)c1. The highest BCUT2D eigenvalue weighted by molar-refractivity contribution is 5.93. The number of rotatable bonds is 4. The number of nitrogens with one attached hydrogen (secondary N) is 1. The van der Waals surface area contributed by atoms with Gasteiger partial charge in [-0.25, -0.2) is 9.78 Å². The van der Waals surface area contributed by atoms with Crippen LogP contribution in [0, 0.1) is 17.8 Å². The van der Waals surface area contributed by atoms with E-state index in [0.29, 0.717) is 11.2 Å². The van der Waals surface area contributed by atoms with Gasteiger partial charge in [0.05, 0.1) is 0 Å². The van der Waals surface area contributed by atoms with Gasteiger partial charge in [0.2, 0.25) is 0 Å². The highest BCUT2D eigenvalue weighted by Crippen LogP contribution is 2.60. The molecule has 4 fully saturated rings. The van der Waals surface area contributed by atoms with Crippen molar-refractivity contribution in [2.24, 2.45) is 17.8 Å². The average molecular weight is 348 g/mol. The van der Waals surface area contributed by atoms with Crippen LogP contribution in [0.25, 0.3) is 0 Å². The van der Waals surface area contributed by atoms with Crippen LogP contribution in [0.3, 0.4) is 0 Å². The molecule has 6 rings (SSSR count). The molecule has 134 valence electrons. The molecular formula is C22H24N2O2. The quantitative estimate of drug-likeness (QED) is 0.817. The molecule has 4 nitrogen and oxygen atoms in total. The van der Waals surface area contributed by atoms with E-state index in [4.69, 9.17) is 0 Å². The summed E-state index contributed by atoms with van der Waals surface area (Å²) < 4.78 is 0. The molecular weight excluding hydrogens is 324 g/mol. The molecule has 1 heterocycles. The van der Waals surface area contributed by atoms with Crippen molar-refractivity contribution < 1.29 is 9.90 Å². The zero-order chi connectivity index (χ0) is 17.7. The smallest absolute Gasteiger partial charge is 0.339 e. The Kier molecular flexibility index (Phi) is 3.56. The van der Waals surface area contributed by atoms with Crippen LogP contribution in [-0.2, 0) is 5.41 Å². The zero-order valence-electron chi connectivity index (χ0n) is 14.8. The summed E-state index contributed by atoms with van der Waals surface area (Å²) in [6.45, 7) is 0. The van der Waals surface area contributed by atoms with Crippen LogP contribution >= 0.6 is 0 Å². The van der Waals surface area contributed by atoms with Crippen LogP contribution in [0.15, 0.2) is 42.6 Å². The lowest BCUT2D eigenvalue weighted by Crippen LogP contribution is -2.48. The number of carboxylic acids is 1. The largest absolute Gasteiger partial charge is 0.478 e. The van der Waals surface area contributed by atoms with Crippen LogP contribution in [0.4, 0.5) is 11.5 Å². The second-order valence-corrected chi connectivity index (χ2v) is 8.61. The normalized spacial score (nSPS) is 31.8. The number of hydrogen-bond donors (Lipinski definition) is 2. The molecule has 26 heavy (non-hydrogen) atoms. The van der Waals surface area contributed by atoms with Crippen LogP contribution in [0.5, 0.6) is 0 Å². The van der Waals surface area contributed by atoms with Crippen molar-refractivity contribution in [3.8, 4) is 0 Å². The minimum absolute atomic E-state index is 0.202. The first kappa shape index (κ1) is 15.9. The van der Waals surface area contributed by atoms with Crippen LogP contribution < -0.4 is 5.32 Å². The number of benzene rings is 1. The van der Waals surface area contributed by atoms with Crippen molar-refractivity contribution in [3.63, 3.8) is 0 Å². The second-order valence-electron chi connectivity index (χ2n) is 8.61. The number of aromatic carboxylic acids is 1. The minimum Gasteiger partial charge on any atom is -0.478 e. The van der Waals surface area contributed by atoms with Crippen molar-refractivity contribution in [1.29, 1.82) is 0 Å². The van der Waals surface area contributed by atoms with Gasteiger partial charge in [0, 0.05) is 11.9 Å². The van der Waals surface area contributed by atoms with Gasteiger partial charge >= 0.3 is 5.97 Å². The molecule has 2 N–H and O–H groups in total. The van der Waals surface area contributed by atoms with E-state index in [1.54, 1.807) is 18.3 Å². The molecule has 2 aromatic rings. The fraction of sp³-hybridized carbons (Fsp3) is 0.455. The second kappa shape index (κ2) is 5.83. The predicted molar refractivity (Wildman–Crippen MR) is 101 cm³/mol. The molecule has 0 spiro atoms. The molecule has 4 aliphatic carbocycles. The van der Waals surface area contributed by atoms with E-state index in [2.05, 4.69) is 28.5 Å². The number of nitrogens with zero attached hydrogens (tertiary/aromatic N) is 1. The molecule has 4 heteroatoms. The summed E-state index contributed by atoms with van der Waals surface area (Å²) in [6, 6.07) is 11.8. The third kappa shape index (κ3) is 2.59. The standard InChI is InChI=1S/C22H24N2O2/c25-21(26)19-5-2-6-23-20(19)24-18-4-1-3-17(10-18)22-11-14-7-15(12-22)9-16(8-14)13-22/h1-6,10,14-16H,7-9,11-13H2,(H,23,24)(H,25,26). The lowest BCUT2D eigenvalue weighted by atomic mass is 9.48. The molecule has 0 unspecified atom stereocenters. The maximum atomic E-state index is 11.4. The van der Waals surface area contributed by atoms with Crippen molar-refractivity contribution in [1.82, 2.24) is 4.98 Å². The molecule has 4 saturated carbocycles. The summed E-state index contributed by atoms with van der Waals surface area (Å²) >= 11 is 0. The maximum Gasteiger partial charge on any atom is 0.339 e. The summed E-state index contributed by atoms with van der Waals surface area (Å²) in [7, 11) is 0. The third-order valence-corrected chi connectivity index (χ3v) is 6.81. The number of anilines is 2. The van der Waals surface area contributed by atoms with Gasteiger partial charge in [-0.05, 0) is 91.5 Å². The first-order valence-corrected chi connectivity index (χ1v) is 9.67. The van der Waals surface area contributed by atoms with Gasteiger partial charge in [-0.15, -0.1) is 0 Å². The number of carbonyl (C=O) groups is 1. The summed E-state index contributed by atoms with van der Waals surface area (Å²) in [5, 5.41) is 12.6. The van der Waals surface area contributed by atoms with Crippen LogP contribution in [-0.4, -0.2) is 16.1 Å².